The lowest BCUT2D eigenvalue weighted by Gasteiger charge is -2.06. The van der Waals surface area contributed by atoms with E-state index in [0.29, 0.717) is 16.3 Å². The summed E-state index contributed by atoms with van der Waals surface area (Å²) in [6.07, 6.45) is 1.46. The van der Waals surface area contributed by atoms with Crippen molar-refractivity contribution in [3.63, 3.8) is 0 Å². The van der Waals surface area contributed by atoms with Crippen LogP contribution >= 0.6 is 11.6 Å². The molecule has 0 unspecified atom stereocenters. The summed E-state index contributed by atoms with van der Waals surface area (Å²) >= 11 is 5.82. The fourth-order valence-electron chi connectivity index (χ4n) is 1.34. The molecule has 1 amide bonds. The quantitative estimate of drug-likeness (QED) is 0.725. The molecule has 1 aromatic carbocycles. The Balaban J connectivity index is 2.22. The summed E-state index contributed by atoms with van der Waals surface area (Å²) < 4.78 is 0. The number of halogens is 1. The van der Waals surface area contributed by atoms with Crippen LogP contribution in [0.2, 0.25) is 5.02 Å². The number of hydrogen-bond acceptors (Lipinski definition) is 4. The maximum atomic E-state index is 11.9. The van der Waals surface area contributed by atoms with E-state index in [4.69, 9.17) is 17.3 Å². The maximum absolute atomic E-state index is 11.9. The highest BCUT2D eigenvalue weighted by molar-refractivity contribution is 6.33. The molecule has 4 N–H and O–H groups in total. The van der Waals surface area contributed by atoms with Gasteiger partial charge in [0.15, 0.2) is 11.6 Å². The first-order valence-corrected chi connectivity index (χ1v) is 5.46. The molecule has 1 aromatic heterocycles. The van der Waals surface area contributed by atoms with Crippen LogP contribution in [0.15, 0.2) is 36.5 Å². The highest BCUT2D eigenvalue weighted by atomic mass is 35.5. The number of nitrogens with one attached hydrogen (secondary N) is 1. The van der Waals surface area contributed by atoms with Gasteiger partial charge in [-0.3, -0.25) is 4.79 Å². The van der Waals surface area contributed by atoms with Gasteiger partial charge in [-0.15, -0.1) is 0 Å². The summed E-state index contributed by atoms with van der Waals surface area (Å²) in [5, 5.41) is 12.3. The molecule has 2 rings (SSSR count). The molecule has 0 aliphatic heterocycles. The zero-order valence-electron chi connectivity index (χ0n) is 9.22. The van der Waals surface area contributed by atoms with Gasteiger partial charge in [-0.2, -0.15) is 0 Å². The Bertz CT molecular complexity index is 602. The first-order valence-electron chi connectivity index (χ1n) is 5.08. The summed E-state index contributed by atoms with van der Waals surface area (Å²) in [6.45, 7) is 0. The van der Waals surface area contributed by atoms with Crippen LogP contribution in [0.4, 0.5) is 11.5 Å². The minimum Gasteiger partial charge on any atom is -0.504 e. The third-order valence-corrected chi connectivity index (χ3v) is 2.61. The largest absolute Gasteiger partial charge is 0.504 e. The Morgan fingerprint density at radius 2 is 2.17 bits per heavy atom. The predicted molar refractivity (Wildman–Crippen MR) is 69.7 cm³/mol. The molecule has 2 aromatic rings. The molecule has 5 nitrogen and oxygen atoms in total. The highest BCUT2D eigenvalue weighted by Gasteiger charge is 2.10. The average Bonchev–Trinajstić information content (AvgIpc) is 2.35. The van der Waals surface area contributed by atoms with E-state index in [1.165, 1.54) is 30.5 Å². The zero-order valence-corrected chi connectivity index (χ0v) is 9.98. The number of anilines is 2. The van der Waals surface area contributed by atoms with Gasteiger partial charge in [0.25, 0.3) is 5.91 Å². The van der Waals surface area contributed by atoms with Gasteiger partial charge < -0.3 is 16.2 Å². The minimum atomic E-state index is -0.425. The zero-order chi connectivity index (χ0) is 13.1. The second-order valence-corrected chi connectivity index (χ2v) is 3.97. The number of nitrogen functional groups attached to an aromatic ring is 1. The van der Waals surface area contributed by atoms with Crippen LogP contribution in [0.1, 0.15) is 10.4 Å². The SMILES string of the molecule is Nc1ccc(C(=O)Nc2ncccc2O)cc1Cl. The number of aromatic nitrogens is 1. The predicted octanol–water partition coefficient (Wildman–Crippen LogP) is 2.28. The number of rotatable bonds is 2. The minimum absolute atomic E-state index is 0.0930. The van der Waals surface area contributed by atoms with E-state index in [1.807, 2.05) is 0 Å². The van der Waals surface area contributed by atoms with Crippen molar-refractivity contribution in [1.29, 1.82) is 0 Å². The van der Waals surface area contributed by atoms with Crippen molar-refractivity contribution in [2.45, 2.75) is 0 Å². The summed E-state index contributed by atoms with van der Waals surface area (Å²) in [5.74, 6) is -0.436. The molecular weight excluding hydrogens is 254 g/mol. The molecule has 0 radical (unpaired) electrons. The van der Waals surface area contributed by atoms with Crippen molar-refractivity contribution < 1.29 is 9.90 Å². The van der Waals surface area contributed by atoms with Crippen molar-refractivity contribution in [2.24, 2.45) is 0 Å². The van der Waals surface area contributed by atoms with Gasteiger partial charge in [-0.05, 0) is 30.3 Å². The van der Waals surface area contributed by atoms with Gasteiger partial charge >= 0.3 is 0 Å². The highest BCUT2D eigenvalue weighted by Crippen LogP contribution is 2.22. The van der Waals surface area contributed by atoms with Crippen molar-refractivity contribution in [3.05, 3.63) is 47.1 Å². The van der Waals surface area contributed by atoms with Crippen LogP contribution in [-0.4, -0.2) is 16.0 Å². The number of nitrogens with two attached hydrogens (primary N) is 1. The average molecular weight is 264 g/mol. The Morgan fingerprint density at radius 3 is 2.83 bits per heavy atom. The second-order valence-electron chi connectivity index (χ2n) is 3.56. The van der Waals surface area contributed by atoms with Crippen molar-refractivity contribution in [3.8, 4) is 5.75 Å². The van der Waals surface area contributed by atoms with Crippen LogP contribution in [0, 0.1) is 0 Å². The summed E-state index contributed by atoms with van der Waals surface area (Å²) in [5.41, 5.74) is 6.28. The van der Waals surface area contributed by atoms with Crippen LogP contribution in [0.25, 0.3) is 0 Å². The molecule has 18 heavy (non-hydrogen) atoms. The van der Waals surface area contributed by atoms with Crippen LogP contribution in [0.5, 0.6) is 5.75 Å². The molecule has 0 saturated carbocycles. The van der Waals surface area contributed by atoms with E-state index in [1.54, 1.807) is 6.07 Å². The molecular formula is C12H10ClN3O2. The molecule has 92 valence electrons. The van der Waals surface area contributed by atoms with Crippen LogP contribution < -0.4 is 11.1 Å². The third kappa shape index (κ3) is 2.52. The fourth-order valence-corrected chi connectivity index (χ4v) is 1.52. The van der Waals surface area contributed by atoms with E-state index in [2.05, 4.69) is 10.3 Å². The van der Waals surface area contributed by atoms with Gasteiger partial charge in [0.1, 0.15) is 0 Å². The Labute approximate surface area is 108 Å². The van der Waals surface area contributed by atoms with Crippen LogP contribution in [-0.2, 0) is 0 Å². The van der Waals surface area contributed by atoms with E-state index < -0.39 is 5.91 Å². The molecule has 0 aliphatic rings. The molecule has 0 saturated heterocycles. The van der Waals surface area contributed by atoms with Crippen molar-refractivity contribution >= 4 is 29.0 Å². The summed E-state index contributed by atoms with van der Waals surface area (Å²) in [7, 11) is 0. The standard InChI is InChI=1S/C12H10ClN3O2/c13-8-6-7(3-4-9(8)14)12(18)16-11-10(17)2-1-5-15-11/h1-6,17H,14H2,(H,15,16,18). The topological polar surface area (TPSA) is 88.2 Å². The lowest BCUT2D eigenvalue weighted by molar-refractivity contribution is 0.102. The maximum Gasteiger partial charge on any atom is 0.256 e. The van der Waals surface area contributed by atoms with E-state index >= 15 is 0 Å². The van der Waals surface area contributed by atoms with Gasteiger partial charge in [0.05, 0.1) is 10.7 Å². The second kappa shape index (κ2) is 4.93. The molecule has 6 heteroatoms. The van der Waals surface area contributed by atoms with Gasteiger partial charge in [-0.1, -0.05) is 11.6 Å². The van der Waals surface area contributed by atoms with Crippen LogP contribution in [0.3, 0.4) is 0 Å². The number of hydrogen-bond donors (Lipinski definition) is 3. The lowest BCUT2D eigenvalue weighted by atomic mass is 10.2. The smallest absolute Gasteiger partial charge is 0.256 e. The van der Waals surface area contributed by atoms with E-state index in [-0.39, 0.29) is 11.6 Å². The Morgan fingerprint density at radius 1 is 1.39 bits per heavy atom. The van der Waals surface area contributed by atoms with Gasteiger partial charge in [0.2, 0.25) is 0 Å². The van der Waals surface area contributed by atoms with Gasteiger partial charge in [0, 0.05) is 11.8 Å². The van der Waals surface area contributed by atoms with E-state index in [9.17, 15) is 9.90 Å². The molecule has 1 heterocycles. The normalized spacial score (nSPS) is 10.1. The number of amides is 1. The number of carbonyl (C=O) groups excluding carboxylic acids is 1. The van der Waals surface area contributed by atoms with Crippen molar-refractivity contribution in [2.75, 3.05) is 11.1 Å². The number of carbonyl (C=O) groups is 1. The fraction of sp³-hybridized carbons (Fsp3) is 0. The van der Waals surface area contributed by atoms with Gasteiger partial charge in [-0.25, -0.2) is 4.98 Å². The molecule has 0 atom stereocenters. The Hall–Kier alpha value is -2.27. The first kappa shape index (κ1) is 12.2. The number of aromatic hydroxyl groups is 1. The summed E-state index contributed by atoms with van der Waals surface area (Å²) in [4.78, 5) is 15.7. The monoisotopic (exact) mass is 263 g/mol. The molecule has 0 aliphatic carbocycles. The third-order valence-electron chi connectivity index (χ3n) is 2.28. The number of nitrogens with zero attached hydrogens (tertiary/aromatic N) is 1. The van der Waals surface area contributed by atoms with Crippen molar-refractivity contribution in [1.82, 2.24) is 4.98 Å². The first-order chi connectivity index (χ1) is 8.58. The summed E-state index contributed by atoms with van der Waals surface area (Å²) in [6, 6.07) is 7.52. The molecule has 0 spiro atoms. The Kier molecular flexibility index (Phi) is 3.34. The molecule has 0 bridgehead atoms. The van der Waals surface area contributed by atoms with E-state index in [0.717, 1.165) is 0 Å². The molecule has 0 fully saturated rings. The number of pyridine rings is 1. The number of benzene rings is 1. The lowest BCUT2D eigenvalue weighted by Crippen LogP contribution is -2.13.